The van der Waals surface area contributed by atoms with Gasteiger partial charge < -0.3 is 10.4 Å². The number of aryl methyl sites for hydroxylation is 1. The molecule has 2 N–H and O–H groups in total. The molecule has 1 aromatic rings. The Morgan fingerprint density at radius 1 is 1.24 bits per heavy atom. The minimum Gasteiger partial charge on any atom is -0.478 e. The molecule has 0 saturated carbocycles. The van der Waals surface area contributed by atoms with E-state index in [-0.39, 0.29) is 22.6 Å². The van der Waals surface area contributed by atoms with Gasteiger partial charge in [-0.15, -0.1) is 0 Å². The lowest BCUT2D eigenvalue weighted by molar-refractivity contribution is 0.0696. The molecule has 0 bridgehead atoms. The lowest BCUT2D eigenvalue weighted by Gasteiger charge is -2.23. The summed E-state index contributed by atoms with van der Waals surface area (Å²) in [7, 11) is -3.10. The quantitative estimate of drug-likeness (QED) is 0.867. The van der Waals surface area contributed by atoms with E-state index in [4.69, 9.17) is 5.11 Å². The number of nitrogens with one attached hydrogen (secondary N) is 1. The molecule has 6 nitrogen and oxygen atoms in total. The normalized spacial score (nSPS) is 20.7. The van der Waals surface area contributed by atoms with E-state index in [1.807, 2.05) is 0 Å². The molecule has 1 aromatic carbocycles. The van der Waals surface area contributed by atoms with Crippen LogP contribution in [0, 0.1) is 6.92 Å². The van der Waals surface area contributed by atoms with Gasteiger partial charge >= 0.3 is 5.97 Å². The monoisotopic (exact) mass is 311 g/mol. The molecule has 2 rings (SSSR count). The molecule has 1 unspecified atom stereocenters. The number of carboxylic acids is 1. The molecule has 1 saturated heterocycles. The number of amides is 1. The molecule has 0 radical (unpaired) electrons. The summed E-state index contributed by atoms with van der Waals surface area (Å²) >= 11 is 0. The van der Waals surface area contributed by atoms with Crippen molar-refractivity contribution in [1.29, 1.82) is 0 Å². The number of hydrogen-bond acceptors (Lipinski definition) is 4. The third-order valence-electron chi connectivity index (χ3n) is 3.38. The highest BCUT2D eigenvalue weighted by Gasteiger charge is 2.26. The summed E-state index contributed by atoms with van der Waals surface area (Å²) in [5.74, 6) is -1.44. The molecule has 1 fully saturated rings. The number of carbonyl (C=O) groups excluding carboxylic acids is 1. The maximum atomic E-state index is 12.2. The van der Waals surface area contributed by atoms with Crippen molar-refractivity contribution in [2.45, 2.75) is 25.8 Å². The number of benzene rings is 1. The van der Waals surface area contributed by atoms with Gasteiger partial charge in [0, 0.05) is 11.6 Å². The molecule has 21 heavy (non-hydrogen) atoms. The Morgan fingerprint density at radius 2 is 1.90 bits per heavy atom. The zero-order valence-corrected chi connectivity index (χ0v) is 12.4. The van der Waals surface area contributed by atoms with Gasteiger partial charge in [-0.3, -0.25) is 4.79 Å². The van der Waals surface area contributed by atoms with E-state index in [9.17, 15) is 18.0 Å². The van der Waals surface area contributed by atoms with Crippen LogP contribution in [0.4, 0.5) is 0 Å². The van der Waals surface area contributed by atoms with Crippen LogP contribution in [-0.4, -0.2) is 42.9 Å². The van der Waals surface area contributed by atoms with Gasteiger partial charge in [-0.2, -0.15) is 0 Å². The van der Waals surface area contributed by atoms with Crippen LogP contribution in [0.2, 0.25) is 0 Å². The van der Waals surface area contributed by atoms with Crippen LogP contribution in [0.25, 0.3) is 0 Å². The Balaban J connectivity index is 2.15. The van der Waals surface area contributed by atoms with E-state index in [1.165, 1.54) is 12.1 Å². The van der Waals surface area contributed by atoms with E-state index in [0.717, 1.165) is 0 Å². The number of carboxylic acid groups (broad SMARTS) is 1. The summed E-state index contributed by atoms with van der Waals surface area (Å²) in [6.07, 6.45) is 1.14. The van der Waals surface area contributed by atoms with Crippen molar-refractivity contribution < 1.29 is 23.1 Å². The van der Waals surface area contributed by atoms with Crippen LogP contribution in [0.3, 0.4) is 0 Å². The van der Waals surface area contributed by atoms with Crippen molar-refractivity contribution >= 4 is 21.7 Å². The Morgan fingerprint density at radius 3 is 2.52 bits per heavy atom. The fourth-order valence-electron chi connectivity index (χ4n) is 2.44. The Hall–Kier alpha value is -1.89. The van der Waals surface area contributed by atoms with Gasteiger partial charge in [0.25, 0.3) is 5.91 Å². The summed E-state index contributed by atoms with van der Waals surface area (Å²) < 4.78 is 23.1. The van der Waals surface area contributed by atoms with E-state index in [1.54, 1.807) is 13.0 Å². The molecule has 0 spiro atoms. The molecule has 1 aliphatic rings. The third-order valence-corrected chi connectivity index (χ3v) is 5.21. The van der Waals surface area contributed by atoms with Gasteiger partial charge in [0.2, 0.25) is 0 Å². The fraction of sp³-hybridized carbons (Fsp3) is 0.429. The van der Waals surface area contributed by atoms with Crippen LogP contribution in [0.5, 0.6) is 0 Å². The third kappa shape index (κ3) is 4.04. The molecule has 0 aliphatic carbocycles. The topological polar surface area (TPSA) is 101 Å². The zero-order chi connectivity index (χ0) is 15.6. The van der Waals surface area contributed by atoms with Gasteiger partial charge in [-0.05, 0) is 43.5 Å². The average Bonchev–Trinajstić information content (AvgIpc) is 2.36. The van der Waals surface area contributed by atoms with E-state index in [2.05, 4.69) is 5.32 Å². The second-order valence-electron chi connectivity index (χ2n) is 5.32. The molecule has 1 aliphatic heterocycles. The number of carbonyl (C=O) groups is 2. The Kier molecular flexibility index (Phi) is 4.32. The molecule has 7 heteroatoms. The van der Waals surface area contributed by atoms with Gasteiger partial charge in [0.1, 0.15) is 0 Å². The first-order valence-corrected chi connectivity index (χ1v) is 8.45. The smallest absolute Gasteiger partial charge is 0.335 e. The predicted molar refractivity (Wildman–Crippen MR) is 77.3 cm³/mol. The van der Waals surface area contributed by atoms with E-state index >= 15 is 0 Å². The lowest BCUT2D eigenvalue weighted by Crippen LogP contribution is -2.43. The number of rotatable bonds is 3. The second-order valence-corrected chi connectivity index (χ2v) is 7.55. The fourth-order valence-corrected chi connectivity index (χ4v) is 4.08. The van der Waals surface area contributed by atoms with Gasteiger partial charge in [0.05, 0.1) is 17.1 Å². The van der Waals surface area contributed by atoms with Crippen LogP contribution >= 0.6 is 0 Å². The van der Waals surface area contributed by atoms with Crippen LogP contribution in [0.15, 0.2) is 18.2 Å². The lowest BCUT2D eigenvalue weighted by atomic mass is 10.1. The highest BCUT2D eigenvalue weighted by atomic mass is 32.2. The van der Waals surface area contributed by atoms with Crippen molar-refractivity contribution in [2.24, 2.45) is 0 Å². The zero-order valence-electron chi connectivity index (χ0n) is 11.6. The standard InChI is InChI=1S/C14H17NO5S/c1-9-5-10(7-11(6-9)14(17)18)13(16)15-12-3-2-4-21(19,20)8-12/h5-7,12H,2-4,8H2,1H3,(H,15,16)(H,17,18). The summed E-state index contributed by atoms with van der Waals surface area (Å²) in [6, 6.07) is 3.94. The van der Waals surface area contributed by atoms with Crippen LogP contribution in [0.1, 0.15) is 39.1 Å². The maximum absolute atomic E-state index is 12.2. The molecular weight excluding hydrogens is 294 g/mol. The first kappa shape index (κ1) is 15.5. The maximum Gasteiger partial charge on any atom is 0.335 e. The summed E-state index contributed by atoms with van der Waals surface area (Å²) in [5, 5.41) is 11.7. The van der Waals surface area contributed by atoms with Crippen LogP contribution in [-0.2, 0) is 9.84 Å². The largest absolute Gasteiger partial charge is 0.478 e. The summed E-state index contributed by atoms with van der Waals surface area (Å²) in [5.41, 5.74) is 0.933. The first-order chi connectivity index (χ1) is 9.77. The summed E-state index contributed by atoms with van der Waals surface area (Å²) in [6.45, 7) is 1.70. The molecule has 1 atom stereocenters. The number of aromatic carboxylic acids is 1. The Bertz CT molecular complexity index is 681. The van der Waals surface area contributed by atoms with Crippen molar-refractivity contribution in [1.82, 2.24) is 5.32 Å². The highest BCUT2D eigenvalue weighted by molar-refractivity contribution is 7.91. The highest BCUT2D eigenvalue weighted by Crippen LogP contribution is 2.14. The predicted octanol–water partition coefficient (Wildman–Crippen LogP) is 1.00. The molecule has 114 valence electrons. The molecular formula is C14H17NO5S. The Labute approximate surface area is 123 Å². The van der Waals surface area contributed by atoms with Crippen molar-refractivity contribution in [3.05, 3.63) is 34.9 Å². The van der Waals surface area contributed by atoms with Gasteiger partial charge in [-0.1, -0.05) is 0 Å². The van der Waals surface area contributed by atoms with E-state index in [0.29, 0.717) is 18.4 Å². The number of sulfone groups is 1. The summed E-state index contributed by atoms with van der Waals surface area (Å²) in [4.78, 5) is 23.1. The minimum absolute atomic E-state index is 0.0383. The SMILES string of the molecule is Cc1cc(C(=O)O)cc(C(=O)NC2CCCS(=O)(=O)C2)c1. The van der Waals surface area contributed by atoms with Gasteiger partial charge in [0.15, 0.2) is 9.84 Å². The van der Waals surface area contributed by atoms with Crippen molar-refractivity contribution in [3.8, 4) is 0 Å². The average molecular weight is 311 g/mol. The second kappa shape index (κ2) is 5.85. The minimum atomic E-state index is -3.10. The molecule has 0 aromatic heterocycles. The first-order valence-electron chi connectivity index (χ1n) is 6.63. The van der Waals surface area contributed by atoms with Crippen molar-refractivity contribution in [2.75, 3.05) is 11.5 Å². The van der Waals surface area contributed by atoms with Crippen molar-refractivity contribution in [3.63, 3.8) is 0 Å². The molecule has 1 heterocycles. The van der Waals surface area contributed by atoms with Crippen LogP contribution < -0.4 is 5.32 Å². The van der Waals surface area contributed by atoms with Gasteiger partial charge in [-0.25, -0.2) is 13.2 Å². The molecule has 1 amide bonds. The number of hydrogen-bond donors (Lipinski definition) is 2. The van der Waals surface area contributed by atoms with E-state index < -0.39 is 27.8 Å².